The second kappa shape index (κ2) is 6.88. The van der Waals surface area contributed by atoms with E-state index in [1.807, 2.05) is 20.8 Å². The van der Waals surface area contributed by atoms with Crippen LogP contribution in [-0.2, 0) is 9.47 Å². The Morgan fingerprint density at radius 3 is 2.38 bits per heavy atom. The molecule has 0 spiro atoms. The predicted molar refractivity (Wildman–Crippen MR) is 51.4 cm³/mol. The molecule has 0 aromatic rings. The first-order valence-electron chi connectivity index (χ1n) is 4.65. The first-order valence-corrected chi connectivity index (χ1v) is 4.65. The highest BCUT2D eigenvalue weighted by atomic mass is 16.5. The fourth-order valence-corrected chi connectivity index (χ4v) is 0.762. The molecule has 0 saturated carbocycles. The van der Waals surface area contributed by atoms with Gasteiger partial charge < -0.3 is 9.47 Å². The van der Waals surface area contributed by atoms with Crippen LogP contribution in [0.4, 0.5) is 0 Å². The first kappa shape index (κ1) is 12.4. The predicted octanol–water partition coefficient (Wildman–Crippen LogP) is 2.12. The zero-order chi connectivity index (χ0) is 10.2. The molecular weight excluding hydrogens is 166 g/mol. The molecule has 0 fully saturated rings. The van der Waals surface area contributed by atoms with Gasteiger partial charge in [0.05, 0.1) is 24.9 Å². The van der Waals surface area contributed by atoms with Gasteiger partial charge in [0.15, 0.2) is 0 Å². The Morgan fingerprint density at radius 2 is 1.85 bits per heavy atom. The molecule has 0 N–H and O–H groups in total. The van der Waals surface area contributed by atoms with Gasteiger partial charge in [-0.25, -0.2) is 0 Å². The summed E-state index contributed by atoms with van der Waals surface area (Å²) in [5, 5.41) is 8.25. The third-order valence-electron chi connectivity index (χ3n) is 1.34. The average molecular weight is 185 g/mol. The van der Waals surface area contributed by atoms with Crippen molar-refractivity contribution in [1.82, 2.24) is 0 Å². The molecule has 0 unspecified atom stereocenters. The lowest BCUT2D eigenvalue weighted by Gasteiger charge is -2.19. The van der Waals surface area contributed by atoms with Crippen molar-refractivity contribution in [3.8, 4) is 6.07 Å². The maximum Gasteiger partial charge on any atom is 0.0707 e. The Morgan fingerprint density at radius 1 is 1.15 bits per heavy atom. The van der Waals surface area contributed by atoms with Gasteiger partial charge >= 0.3 is 0 Å². The molecule has 0 rings (SSSR count). The van der Waals surface area contributed by atoms with E-state index >= 15 is 0 Å². The van der Waals surface area contributed by atoms with E-state index in [0.29, 0.717) is 26.2 Å². The molecule has 0 radical (unpaired) electrons. The van der Waals surface area contributed by atoms with Gasteiger partial charge in [-0.2, -0.15) is 5.26 Å². The standard InChI is InChI=1S/C10H19NO2/c1-10(2,3)13-9-8-12-7-5-4-6-11/h4-5,7-9H2,1-3H3. The largest absolute Gasteiger partial charge is 0.379 e. The quantitative estimate of drug-likeness (QED) is 0.595. The number of hydrogen-bond donors (Lipinski definition) is 0. The molecule has 0 atom stereocenters. The fraction of sp³-hybridized carbons (Fsp3) is 0.900. The van der Waals surface area contributed by atoms with Crippen LogP contribution >= 0.6 is 0 Å². The van der Waals surface area contributed by atoms with E-state index in [9.17, 15) is 0 Å². The summed E-state index contributed by atoms with van der Waals surface area (Å²) in [6.07, 6.45) is 1.38. The number of nitriles is 1. The molecule has 0 bridgehead atoms. The van der Waals surface area contributed by atoms with E-state index in [1.54, 1.807) is 0 Å². The Labute approximate surface area is 80.6 Å². The molecule has 13 heavy (non-hydrogen) atoms. The van der Waals surface area contributed by atoms with Gasteiger partial charge in [-0.1, -0.05) is 0 Å². The topological polar surface area (TPSA) is 42.2 Å². The van der Waals surface area contributed by atoms with Crippen LogP contribution in [0.2, 0.25) is 0 Å². The molecule has 3 nitrogen and oxygen atoms in total. The summed E-state index contributed by atoms with van der Waals surface area (Å²) in [6.45, 7) is 7.94. The van der Waals surface area contributed by atoms with Crippen molar-refractivity contribution in [2.75, 3.05) is 19.8 Å². The molecule has 0 aliphatic heterocycles. The highest BCUT2D eigenvalue weighted by molar-refractivity contribution is 4.67. The van der Waals surface area contributed by atoms with Crippen molar-refractivity contribution in [1.29, 1.82) is 5.26 Å². The van der Waals surface area contributed by atoms with E-state index in [2.05, 4.69) is 6.07 Å². The normalized spacial score (nSPS) is 11.2. The van der Waals surface area contributed by atoms with E-state index in [4.69, 9.17) is 14.7 Å². The Hall–Kier alpha value is -0.590. The van der Waals surface area contributed by atoms with Crippen LogP contribution in [0.3, 0.4) is 0 Å². The lowest BCUT2D eigenvalue weighted by atomic mass is 10.2. The molecule has 0 amide bonds. The van der Waals surface area contributed by atoms with E-state index in [-0.39, 0.29) is 5.60 Å². The second-order valence-electron chi connectivity index (χ2n) is 3.83. The van der Waals surface area contributed by atoms with E-state index in [0.717, 1.165) is 6.42 Å². The van der Waals surface area contributed by atoms with Gasteiger partial charge in [0.25, 0.3) is 0 Å². The molecular formula is C10H19NO2. The zero-order valence-electron chi connectivity index (χ0n) is 8.80. The number of nitrogens with zero attached hydrogens (tertiary/aromatic N) is 1. The number of ether oxygens (including phenoxy) is 2. The molecule has 0 heterocycles. The van der Waals surface area contributed by atoms with Gasteiger partial charge in [0, 0.05) is 13.0 Å². The van der Waals surface area contributed by atoms with Crippen LogP contribution in [0, 0.1) is 11.3 Å². The maximum absolute atomic E-state index is 8.25. The Balaban J connectivity index is 3.05. The first-order chi connectivity index (χ1) is 6.06. The molecule has 3 heteroatoms. The van der Waals surface area contributed by atoms with Gasteiger partial charge in [-0.3, -0.25) is 0 Å². The molecule has 0 aromatic carbocycles. The third kappa shape index (κ3) is 11.4. The lowest BCUT2D eigenvalue weighted by Crippen LogP contribution is -2.21. The van der Waals surface area contributed by atoms with Gasteiger partial charge in [-0.05, 0) is 27.2 Å². The highest BCUT2D eigenvalue weighted by Crippen LogP contribution is 2.05. The summed E-state index contributed by atoms with van der Waals surface area (Å²) in [4.78, 5) is 0. The van der Waals surface area contributed by atoms with Crippen LogP contribution in [0.15, 0.2) is 0 Å². The highest BCUT2D eigenvalue weighted by Gasteiger charge is 2.08. The number of hydrogen-bond acceptors (Lipinski definition) is 3. The van der Waals surface area contributed by atoms with Crippen LogP contribution < -0.4 is 0 Å². The summed E-state index contributed by atoms with van der Waals surface area (Å²) in [5.41, 5.74) is -0.0873. The molecule has 0 aromatic heterocycles. The molecule has 0 aliphatic carbocycles. The lowest BCUT2D eigenvalue weighted by molar-refractivity contribution is -0.0349. The average Bonchev–Trinajstić information content (AvgIpc) is 2.01. The fourth-order valence-electron chi connectivity index (χ4n) is 0.762. The van der Waals surface area contributed by atoms with Gasteiger partial charge in [0.2, 0.25) is 0 Å². The second-order valence-corrected chi connectivity index (χ2v) is 3.83. The van der Waals surface area contributed by atoms with Crippen LogP contribution in [-0.4, -0.2) is 25.4 Å². The SMILES string of the molecule is CC(C)(C)OCCOCCCC#N. The third-order valence-corrected chi connectivity index (χ3v) is 1.34. The van der Waals surface area contributed by atoms with Crippen LogP contribution in [0.1, 0.15) is 33.6 Å². The van der Waals surface area contributed by atoms with Crippen molar-refractivity contribution < 1.29 is 9.47 Å². The van der Waals surface area contributed by atoms with Gasteiger partial charge in [-0.15, -0.1) is 0 Å². The van der Waals surface area contributed by atoms with Crippen molar-refractivity contribution in [2.45, 2.75) is 39.2 Å². The van der Waals surface area contributed by atoms with Crippen molar-refractivity contribution in [3.63, 3.8) is 0 Å². The summed E-state index contributed by atoms with van der Waals surface area (Å²) in [7, 11) is 0. The van der Waals surface area contributed by atoms with Crippen molar-refractivity contribution in [3.05, 3.63) is 0 Å². The maximum atomic E-state index is 8.25. The minimum Gasteiger partial charge on any atom is -0.379 e. The van der Waals surface area contributed by atoms with Crippen LogP contribution in [0.5, 0.6) is 0 Å². The van der Waals surface area contributed by atoms with E-state index in [1.165, 1.54) is 0 Å². The van der Waals surface area contributed by atoms with E-state index < -0.39 is 0 Å². The smallest absolute Gasteiger partial charge is 0.0707 e. The summed E-state index contributed by atoms with van der Waals surface area (Å²) in [5.74, 6) is 0. The minimum atomic E-state index is -0.0873. The summed E-state index contributed by atoms with van der Waals surface area (Å²) >= 11 is 0. The number of rotatable bonds is 6. The summed E-state index contributed by atoms with van der Waals surface area (Å²) in [6, 6.07) is 2.07. The zero-order valence-corrected chi connectivity index (χ0v) is 8.80. The molecule has 0 aliphatic rings. The molecule has 76 valence electrons. The van der Waals surface area contributed by atoms with Crippen molar-refractivity contribution in [2.24, 2.45) is 0 Å². The minimum absolute atomic E-state index is 0.0873. The van der Waals surface area contributed by atoms with Gasteiger partial charge in [0.1, 0.15) is 0 Å². The Kier molecular flexibility index (Phi) is 6.56. The molecule has 0 saturated heterocycles. The van der Waals surface area contributed by atoms with Crippen molar-refractivity contribution >= 4 is 0 Å². The van der Waals surface area contributed by atoms with Crippen LogP contribution in [0.25, 0.3) is 0 Å². The monoisotopic (exact) mass is 185 g/mol. The number of unbranched alkanes of at least 4 members (excludes halogenated alkanes) is 1. The Bertz CT molecular complexity index is 155. The summed E-state index contributed by atoms with van der Waals surface area (Å²) < 4.78 is 10.7.